The first kappa shape index (κ1) is 14.6. The fourth-order valence-corrected chi connectivity index (χ4v) is 1.69. The zero-order chi connectivity index (χ0) is 15.1. The topological polar surface area (TPSA) is 84.0 Å². The van der Waals surface area contributed by atoms with Gasteiger partial charge in [-0.05, 0) is 24.6 Å². The average molecular weight is 284 g/mol. The second kappa shape index (κ2) is 7.14. The van der Waals surface area contributed by atoms with Gasteiger partial charge in [0.2, 0.25) is 0 Å². The number of benzene rings is 1. The molecule has 0 unspecified atom stereocenters. The molecule has 2 amide bonds. The molecule has 6 nitrogen and oxygen atoms in total. The normalized spacial score (nSPS) is 9.95. The molecule has 0 radical (unpaired) electrons. The van der Waals surface area contributed by atoms with Crippen LogP contribution in [0.5, 0.6) is 0 Å². The van der Waals surface area contributed by atoms with Gasteiger partial charge in [-0.3, -0.25) is 14.6 Å². The Hall–Kier alpha value is -2.76. The molecule has 2 rings (SSSR count). The molecule has 0 saturated carbocycles. The van der Waals surface area contributed by atoms with Crippen molar-refractivity contribution in [1.29, 1.82) is 0 Å². The number of nitrogens with one attached hydrogen (secondary N) is 2. The summed E-state index contributed by atoms with van der Waals surface area (Å²) in [4.78, 5) is 31.8. The van der Waals surface area contributed by atoms with Crippen LogP contribution in [0.1, 0.15) is 34.1 Å². The highest BCUT2D eigenvalue weighted by atomic mass is 16.2. The van der Waals surface area contributed by atoms with Crippen molar-refractivity contribution in [1.82, 2.24) is 15.3 Å². The van der Waals surface area contributed by atoms with Gasteiger partial charge in [0.15, 0.2) is 5.82 Å². The third-order valence-corrected chi connectivity index (χ3v) is 2.73. The van der Waals surface area contributed by atoms with E-state index < -0.39 is 0 Å². The maximum Gasteiger partial charge on any atom is 0.256 e. The Morgan fingerprint density at radius 1 is 1.14 bits per heavy atom. The summed E-state index contributed by atoms with van der Waals surface area (Å²) < 4.78 is 0. The predicted molar refractivity (Wildman–Crippen MR) is 79.1 cm³/mol. The van der Waals surface area contributed by atoms with Crippen LogP contribution in [0.15, 0.2) is 42.9 Å². The van der Waals surface area contributed by atoms with E-state index in [4.69, 9.17) is 0 Å². The first-order valence-corrected chi connectivity index (χ1v) is 6.66. The molecule has 0 bridgehead atoms. The molecule has 2 N–H and O–H groups in total. The Bertz CT molecular complexity index is 629. The highest BCUT2D eigenvalue weighted by Gasteiger charge is 2.10. The second-order valence-corrected chi connectivity index (χ2v) is 4.38. The van der Waals surface area contributed by atoms with Crippen molar-refractivity contribution >= 4 is 17.6 Å². The third kappa shape index (κ3) is 4.10. The number of amides is 2. The molecule has 1 aromatic heterocycles. The lowest BCUT2D eigenvalue weighted by Gasteiger charge is -2.06. The monoisotopic (exact) mass is 284 g/mol. The Labute approximate surface area is 122 Å². The van der Waals surface area contributed by atoms with Crippen LogP contribution in [0.3, 0.4) is 0 Å². The van der Waals surface area contributed by atoms with Crippen molar-refractivity contribution in [3.63, 3.8) is 0 Å². The van der Waals surface area contributed by atoms with E-state index in [1.807, 2.05) is 6.92 Å². The summed E-state index contributed by atoms with van der Waals surface area (Å²) in [5.74, 6) is -0.157. The highest BCUT2D eigenvalue weighted by Crippen LogP contribution is 2.08. The van der Waals surface area contributed by atoms with Crippen LogP contribution in [0, 0.1) is 0 Å². The van der Waals surface area contributed by atoms with Crippen molar-refractivity contribution in [2.45, 2.75) is 13.3 Å². The summed E-state index contributed by atoms with van der Waals surface area (Å²) in [6.07, 6.45) is 5.33. The SMILES string of the molecule is CCCNC(=O)c1cccc(C(=O)Nc2cnccn2)c1. The van der Waals surface area contributed by atoms with Crippen LogP contribution in [0.4, 0.5) is 5.82 Å². The van der Waals surface area contributed by atoms with Crippen LogP contribution in [-0.4, -0.2) is 28.3 Å². The van der Waals surface area contributed by atoms with Gasteiger partial charge in [-0.25, -0.2) is 4.98 Å². The van der Waals surface area contributed by atoms with Crippen LogP contribution in [0.2, 0.25) is 0 Å². The molecule has 0 atom stereocenters. The molecule has 0 fully saturated rings. The molecular weight excluding hydrogens is 268 g/mol. The Morgan fingerprint density at radius 3 is 2.57 bits per heavy atom. The average Bonchev–Trinajstić information content (AvgIpc) is 2.53. The first-order chi connectivity index (χ1) is 10.2. The van der Waals surface area contributed by atoms with Gasteiger partial charge in [0, 0.05) is 30.1 Å². The molecule has 0 aliphatic rings. The van der Waals surface area contributed by atoms with Gasteiger partial charge in [-0.15, -0.1) is 0 Å². The summed E-state index contributed by atoms with van der Waals surface area (Å²) >= 11 is 0. The van der Waals surface area contributed by atoms with Crippen molar-refractivity contribution in [2.24, 2.45) is 0 Å². The highest BCUT2D eigenvalue weighted by molar-refractivity contribution is 6.05. The van der Waals surface area contributed by atoms with Crippen molar-refractivity contribution in [3.8, 4) is 0 Å². The van der Waals surface area contributed by atoms with Gasteiger partial charge in [-0.2, -0.15) is 0 Å². The van der Waals surface area contributed by atoms with E-state index >= 15 is 0 Å². The molecule has 21 heavy (non-hydrogen) atoms. The largest absolute Gasteiger partial charge is 0.352 e. The molecule has 1 heterocycles. The van der Waals surface area contributed by atoms with E-state index in [-0.39, 0.29) is 11.8 Å². The summed E-state index contributed by atoms with van der Waals surface area (Å²) in [6.45, 7) is 2.58. The maximum absolute atomic E-state index is 12.1. The molecule has 2 aromatic rings. The molecule has 6 heteroatoms. The summed E-state index contributed by atoms with van der Waals surface area (Å²) in [5, 5.41) is 5.39. The molecule has 0 aliphatic heterocycles. The van der Waals surface area contributed by atoms with E-state index in [2.05, 4.69) is 20.6 Å². The molecule has 0 aliphatic carbocycles. The number of rotatable bonds is 5. The zero-order valence-electron chi connectivity index (χ0n) is 11.7. The number of carbonyl (C=O) groups is 2. The third-order valence-electron chi connectivity index (χ3n) is 2.73. The predicted octanol–water partition coefficient (Wildman–Crippen LogP) is 1.87. The van der Waals surface area contributed by atoms with Gasteiger partial charge in [-0.1, -0.05) is 13.0 Å². The van der Waals surface area contributed by atoms with E-state index in [0.717, 1.165) is 6.42 Å². The van der Waals surface area contributed by atoms with E-state index in [1.54, 1.807) is 24.3 Å². The Kier molecular flexibility index (Phi) is 4.98. The standard InChI is InChI=1S/C15H16N4O2/c1-2-6-18-14(20)11-4-3-5-12(9-11)15(21)19-13-10-16-7-8-17-13/h3-5,7-10H,2,6H2,1H3,(H,18,20)(H,17,19,21). The minimum absolute atomic E-state index is 0.189. The van der Waals surface area contributed by atoms with Gasteiger partial charge < -0.3 is 10.6 Å². The van der Waals surface area contributed by atoms with Crippen molar-refractivity contribution in [3.05, 3.63) is 54.0 Å². The number of carbonyl (C=O) groups excluding carboxylic acids is 2. The van der Waals surface area contributed by atoms with Crippen molar-refractivity contribution < 1.29 is 9.59 Å². The number of hydrogen-bond acceptors (Lipinski definition) is 4. The fraction of sp³-hybridized carbons (Fsp3) is 0.200. The zero-order valence-corrected chi connectivity index (χ0v) is 11.7. The first-order valence-electron chi connectivity index (χ1n) is 6.66. The maximum atomic E-state index is 12.1. The van der Waals surface area contributed by atoms with E-state index in [1.165, 1.54) is 18.6 Å². The number of nitrogens with zero attached hydrogens (tertiary/aromatic N) is 2. The second-order valence-electron chi connectivity index (χ2n) is 4.38. The summed E-state index contributed by atoms with van der Waals surface area (Å²) in [6, 6.07) is 6.54. The Morgan fingerprint density at radius 2 is 1.90 bits per heavy atom. The van der Waals surface area contributed by atoms with Crippen LogP contribution < -0.4 is 10.6 Å². The number of hydrogen-bond donors (Lipinski definition) is 2. The van der Waals surface area contributed by atoms with Crippen LogP contribution >= 0.6 is 0 Å². The van der Waals surface area contributed by atoms with Gasteiger partial charge in [0.1, 0.15) is 0 Å². The number of anilines is 1. The van der Waals surface area contributed by atoms with Gasteiger partial charge >= 0.3 is 0 Å². The summed E-state index contributed by atoms with van der Waals surface area (Å²) in [5.41, 5.74) is 0.847. The van der Waals surface area contributed by atoms with Crippen LogP contribution in [0.25, 0.3) is 0 Å². The minimum Gasteiger partial charge on any atom is -0.352 e. The van der Waals surface area contributed by atoms with Gasteiger partial charge in [0.05, 0.1) is 6.20 Å². The summed E-state index contributed by atoms with van der Waals surface area (Å²) in [7, 11) is 0. The smallest absolute Gasteiger partial charge is 0.256 e. The molecule has 108 valence electrons. The molecule has 0 spiro atoms. The molecular formula is C15H16N4O2. The van der Waals surface area contributed by atoms with E-state index in [0.29, 0.717) is 23.5 Å². The lowest BCUT2D eigenvalue weighted by atomic mass is 10.1. The lowest BCUT2D eigenvalue weighted by Crippen LogP contribution is -2.24. The van der Waals surface area contributed by atoms with E-state index in [9.17, 15) is 9.59 Å². The fourth-order valence-electron chi connectivity index (χ4n) is 1.69. The lowest BCUT2D eigenvalue weighted by molar-refractivity contribution is 0.0953. The van der Waals surface area contributed by atoms with Crippen LogP contribution in [-0.2, 0) is 0 Å². The molecule has 1 aromatic carbocycles. The van der Waals surface area contributed by atoms with Crippen molar-refractivity contribution in [2.75, 3.05) is 11.9 Å². The van der Waals surface area contributed by atoms with Gasteiger partial charge in [0.25, 0.3) is 11.8 Å². The quantitative estimate of drug-likeness (QED) is 0.878. The molecule has 0 saturated heterocycles. The number of aromatic nitrogens is 2. The Balaban J connectivity index is 2.10. The minimum atomic E-state index is -0.333.